The highest BCUT2D eigenvalue weighted by Crippen LogP contribution is 2.23. The summed E-state index contributed by atoms with van der Waals surface area (Å²) in [6.45, 7) is 0.0463. The van der Waals surface area contributed by atoms with Gasteiger partial charge in [-0.1, -0.05) is 12.1 Å². The van der Waals surface area contributed by atoms with Gasteiger partial charge in [0.25, 0.3) is 0 Å². The number of para-hydroxylation sites is 1. The zero-order chi connectivity index (χ0) is 19.3. The van der Waals surface area contributed by atoms with Crippen molar-refractivity contribution >= 4 is 27.5 Å². The van der Waals surface area contributed by atoms with Crippen molar-refractivity contribution in [1.29, 1.82) is 0 Å². The Morgan fingerprint density at radius 1 is 1.11 bits per heavy atom. The van der Waals surface area contributed by atoms with Gasteiger partial charge in [-0.05, 0) is 49.2 Å². The van der Waals surface area contributed by atoms with Crippen LogP contribution < -0.4 is 0 Å². The molecule has 4 aromatic rings. The number of ether oxygens (including phenoxy) is 1. The average Bonchev–Trinajstić information content (AvgIpc) is 3.33. The number of aromatic nitrogens is 2. The van der Waals surface area contributed by atoms with Gasteiger partial charge in [-0.25, -0.2) is 14.4 Å². The lowest BCUT2D eigenvalue weighted by Gasteiger charge is -2.01. The first-order valence-electron chi connectivity index (χ1n) is 8.88. The van der Waals surface area contributed by atoms with E-state index in [4.69, 9.17) is 9.15 Å². The lowest BCUT2D eigenvalue weighted by atomic mass is 10.2. The molecular formula is C21H17FN2O3S. The zero-order valence-corrected chi connectivity index (χ0v) is 15.7. The number of hydrogen-bond donors (Lipinski definition) is 0. The molecule has 0 N–H and O–H groups in total. The zero-order valence-electron chi connectivity index (χ0n) is 14.9. The fourth-order valence-electron chi connectivity index (χ4n) is 2.74. The number of hydrogen-bond acceptors (Lipinski definition) is 6. The standard InChI is InChI=1S/C21H17FN2O3S/c22-15-10-8-14(9-11-15)21-23-16(13-27-21)12-26-20(25)7-3-6-19-24-17-4-1-2-5-18(17)28-19/h1-2,4-5,8-11,13H,3,6-7,12H2. The maximum absolute atomic E-state index is 13.0. The molecule has 142 valence electrons. The van der Waals surface area contributed by atoms with Crippen molar-refractivity contribution in [3.8, 4) is 11.5 Å². The van der Waals surface area contributed by atoms with Crippen LogP contribution in [-0.2, 0) is 22.6 Å². The van der Waals surface area contributed by atoms with Crippen LogP contribution in [0.25, 0.3) is 21.7 Å². The van der Waals surface area contributed by atoms with Gasteiger partial charge in [0.05, 0.1) is 15.2 Å². The lowest BCUT2D eigenvalue weighted by Crippen LogP contribution is -2.05. The highest BCUT2D eigenvalue weighted by atomic mass is 32.1. The van der Waals surface area contributed by atoms with Crippen LogP contribution in [0.3, 0.4) is 0 Å². The molecule has 0 aliphatic heterocycles. The van der Waals surface area contributed by atoms with Gasteiger partial charge in [-0.2, -0.15) is 0 Å². The third-order valence-electron chi connectivity index (χ3n) is 4.13. The van der Waals surface area contributed by atoms with E-state index < -0.39 is 0 Å². The van der Waals surface area contributed by atoms with Crippen molar-refractivity contribution < 1.29 is 18.3 Å². The molecule has 0 fully saturated rings. The predicted octanol–water partition coefficient (Wildman–Crippen LogP) is 5.16. The van der Waals surface area contributed by atoms with Crippen LogP contribution in [0.15, 0.2) is 59.2 Å². The summed E-state index contributed by atoms with van der Waals surface area (Å²) in [6, 6.07) is 13.8. The van der Waals surface area contributed by atoms with Gasteiger partial charge in [-0.3, -0.25) is 4.79 Å². The molecule has 2 heterocycles. The number of carbonyl (C=O) groups is 1. The molecule has 0 atom stereocenters. The molecule has 2 aromatic carbocycles. The molecule has 0 unspecified atom stereocenters. The van der Waals surface area contributed by atoms with E-state index in [1.54, 1.807) is 23.5 Å². The topological polar surface area (TPSA) is 65.2 Å². The van der Waals surface area contributed by atoms with Crippen LogP contribution in [0, 0.1) is 5.82 Å². The fraction of sp³-hybridized carbons (Fsp3) is 0.190. The molecule has 5 nitrogen and oxygen atoms in total. The minimum atomic E-state index is -0.324. The van der Waals surface area contributed by atoms with E-state index in [2.05, 4.69) is 9.97 Å². The Labute approximate surface area is 164 Å². The van der Waals surface area contributed by atoms with Crippen LogP contribution >= 0.6 is 11.3 Å². The van der Waals surface area contributed by atoms with Crippen molar-refractivity contribution in [2.75, 3.05) is 0 Å². The summed E-state index contributed by atoms with van der Waals surface area (Å²) in [7, 11) is 0. The fourth-order valence-corrected chi connectivity index (χ4v) is 3.74. The molecule has 4 rings (SSSR count). The summed E-state index contributed by atoms with van der Waals surface area (Å²) >= 11 is 1.65. The van der Waals surface area contributed by atoms with Gasteiger partial charge in [0, 0.05) is 12.0 Å². The molecule has 0 radical (unpaired) electrons. The third kappa shape index (κ3) is 4.43. The van der Waals surface area contributed by atoms with Crippen molar-refractivity contribution in [2.45, 2.75) is 25.9 Å². The van der Waals surface area contributed by atoms with Crippen LogP contribution in [0.1, 0.15) is 23.5 Å². The molecule has 0 aliphatic rings. The second kappa shape index (κ2) is 8.31. The molecule has 0 saturated heterocycles. The third-order valence-corrected chi connectivity index (χ3v) is 5.23. The first-order chi connectivity index (χ1) is 13.7. The number of thiazole rings is 1. The van der Waals surface area contributed by atoms with E-state index in [-0.39, 0.29) is 18.4 Å². The molecule has 0 spiro atoms. The number of benzene rings is 2. The lowest BCUT2D eigenvalue weighted by molar-refractivity contribution is -0.145. The average molecular weight is 396 g/mol. The quantitative estimate of drug-likeness (QED) is 0.404. The Kier molecular flexibility index (Phi) is 5.43. The van der Waals surface area contributed by atoms with Gasteiger partial charge < -0.3 is 9.15 Å². The van der Waals surface area contributed by atoms with E-state index in [9.17, 15) is 9.18 Å². The molecule has 0 amide bonds. The Balaban J connectivity index is 1.24. The maximum atomic E-state index is 13.0. The normalized spacial score (nSPS) is 11.0. The van der Waals surface area contributed by atoms with Crippen LogP contribution in [0.5, 0.6) is 0 Å². The molecule has 0 bridgehead atoms. The van der Waals surface area contributed by atoms with Crippen molar-refractivity contribution in [1.82, 2.24) is 9.97 Å². The molecule has 0 aliphatic carbocycles. The summed E-state index contributed by atoms with van der Waals surface area (Å²) in [5.41, 5.74) is 2.17. The largest absolute Gasteiger partial charge is 0.459 e. The second-order valence-electron chi connectivity index (χ2n) is 6.24. The van der Waals surface area contributed by atoms with Gasteiger partial charge in [-0.15, -0.1) is 11.3 Å². The highest BCUT2D eigenvalue weighted by molar-refractivity contribution is 7.18. The smallest absolute Gasteiger partial charge is 0.306 e. The number of nitrogens with zero attached hydrogens (tertiary/aromatic N) is 2. The number of halogens is 1. The Hall–Kier alpha value is -3.06. The Morgan fingerprint density at radius 2 is 1.93 bits per heavy atom. The van der Waals surface area contributed by atoms with Gasteiger partial charge >= 0.3 is 5.97 Å². The number of rotatable bonds is 7. The van der Waals surface area contributed by atoms with Gasteiger partial charge in [0.15, 0.2) is 0 Å². The van der Waals surface area contributed by atoms with Crippen molar-refractivity contribution in [3.05, 3.63) is 71.3 Å². The summed E-state index contributed by atoms with van der Waals surface area (Å²) in [6.07, 6.45) is 3.18. The van der Waals surface area contributed by atoms with Crippen molar-refractivity contribution in [3.63, 3.8) is 0 Å². The van der Waals surface area contributed by atoms with Crippen LogP contribution in [0.4, 0.5) is 4.39 Å². The van der Waals surface area contributed by atoms with Crippen LogP contribution in [-0.4, -0.2) is 15.9 Å². The summed E-state index contributed by atoms with van der Waals surface area (Å²) in [5, 5.41) is 1.02. The van der Waals surface area contributed by atoms with E-state index in [0.717, 1.165) is 21.6 Å². The molecule has 28 heavy (non-hydrogen) atoms. The number of carbonyl (C=O) groups excluding carboxylic acids is 1. The number of fused-ring (bicyclic) bond motifs is 1. The van der Waals surface area contributed by atoms with E-state index >= 15 is 0 Å². The first kappa shape index (κ1) is 18.3. The summed E-state index contributed by atoms with van der Waals surface area (Å²) < 4.78 is 24.7. The first-order valence-corrected chi connectivity index (χ1v) is 9.69. The van der Waals surface area contributed by atoms with Crippen molar-refractivity contribution in [2.24, 2.45) is 0 Å². The number of oxazole rings is 1. The van der Waals surface area contributed by atoms with Gasteiger partial charge in [0.1, 0.15) is 24.4 Å². The molecular weight excluding hydrogens is 379 g/mol. The number of esters is 1. The van der Waals surface area contributed by atoms with Crippen LogP contribution in [0.2, 0.25) is 0 Å². The summed E-state index contributed by atoms with van der Waals surface area (Å²) in [5.74, 6) is -0.246. The van der Waals surface area contributed by atoms with Gasteiger partial charge in [0.2, 0.25) is 5.89 Å². The SMILES string of the molecule is O=C(CCCc1nc2ccccc2s1)OCc1coc(-c2ccc(F)cc2)n1. The van der Waals surface area contributed by atoms with E-state index in [1.165, 1.54) is 18.4 Å². The highest BCUT2D eigenvalue weighted by Gasteiger charge is 2.10. The minimum absolute atomic E-state index is 0.0463. The Bertz CT molecular complexity index is 1060. The van der Waals surface area contributed by atoms with E-state index in [0.29, 0.717) is 30.0 Å². The van der Waals surface area contributed by atoms with E-state index in [1.807, 2.05) is 24.3 Å². The molecule has 0 saturated carbocycles. The second-order valence-corrected chi connectivity index (χ2v) is 7.36. The minimum Gasteiger partial charge on any atom is -0.459 e. The molecule has 7 heteroatoms. The predicted molar refractivity (Wildman–Crippen MR) is 104 cm³/mol. The monoisotopic (exact) mass is 396 g/mol. The summed E-state index contributed by atoms with van der Waals surface area (Å²) in [4.78, 5) is 20.8. The maximum Gasteiger partial charge on any atom is 0.306 e. The number of aryl methyl sites for hydroxylation is 1. The Morgan fingerprint density at radius 3 is 2.75 bits per heavy atom. The molecule has 2 aromatic heterocycles.